The topological polar surface area (TPSA) is 49.7 Å². The molecule has 0 aromatic heterocycles. The molecule has 1 N–H and O–H groups in total. The third-order valence-corrected chi connectivity index (χ3v) is 1.33. The van der Waals surface area contributed by atoms with E-state index < -0.39 is 0 Å². The number of phenolic OH excluding ortho intramolecular Hbond substituents is 1. The molecular formula is C8H7NO2. The molecule has 0 saturated heterocycles. The SMILES string of the molecule is C=Cc1ccc(N=O)c(O)c1. The fourth-order valence-corrected chi connectivity index (χ4v) is 0.745. The summed E-state index contributed by atoms with van der Waals surface area (Å²) in [5, 5.41) is 11.7. The van der Waals surface area contributed by atoms with Crippen molar-refractivity contribution in [2.45, 2.75) is 0 Å². The molecule has 0 amide bonds. The normalized spacial score (nSPS) is 9.09. The first kappa shape index (κ1) is 7.47. The molecule has 0 spiro atoms. The number of benzene rings is 1. The zero-order valence-electron chi connectivity index (χ0n) is 5.82. The zero-order chi connectivity index (χ0) is 8.27. The minimum Gasteiger partial charge on any atom is -0.506 e. The Bertz CT molecular complexity index is 294. The van der Waals surface area contributed by atoms with Crippen molar-refractivity contribution < 1.29 is 5.11 Å². The monoisotopic (exact) mass is 149 g/mol. The van der Waals surface area contributed by atoms with Crippen molar-refractivity contribution in [3.05, 3.63) is 35.2 Å². The summed E-state index contributed by atoms with van der Waals surface area (Å²) in [4.78, 5) is 9.99. The van der Waals surface area contributed by atoms with Gasteiger partial charge < -0.3 is 5.11 Å². The van der Waals surface area contributed by atoms with Crippen molar-refractivity contribution in [2.24, 2.45) is 5.18 Å². The Morgan fingerprint density at radius 2 is 2.27 bits per heavy atom. The van der Waals surface area contributed by atoms with Gasteiger partial charge in [0.1, 0.15) is 11.4 Å². The van der Waals surface area contributed by atoms with E-state index >= 15 is 0 Å². The van der Waals surface area contributed by atoms with E-state index in [1.165, 1.54) is 12.1 Å². The summed E-state index contributed by atoms with van der Waals surface area (Å²) < 4.78 is 0. The molecule has 0 heterocycles. The second kappa shape index (κ2) is 2.96. The number of rotatable bonds is 2. The van der Waals surface area contributed by atoms with Gasteiger partial charge in [-0.05, 0) is 22.9 Å². The maximum atomic E-state index is 9.99. The Morgan fingerprint density at radius 3 is 2.73 bits per heavy atom. The van der Waals surface area contributed by atoms with Crippen LogP contribution >= 0.6 is 0 Å². The van der Waals surface area contributed by atoms with Gasteiger partial charge in [-0.2, -0.15) is 0 Å². The first-order chi connectivity index (χ1) is 5.27. The number of hydrogen-bond acceptors (Lipinski definition) is 3. The van der Waals surface area contributed by atoms with Crippen molar-refractivity contribution >= 4 is 11.8 Å². The Morgan fingerprint density at radius 1 is 1.55 bits per heavy atom. The molecule has 3 heteroatoms. The number of hydrogen-bond donors (Lipinski definition) is 1. The van der Waals surface area contributed by atoms with Gasteiger partial charge in [-0.3, -0.25) is 0 Å². The summed E-state index contributed by atoms with van der Waals surface area (Å²) in [5.74, 6) is -0.114. The minimum absolute atomic E-state index is 0.0515. The van der Waals surface area contributed by atoms with Gasteiger partial charge in [-0.1, -0.05) is 18.7 Å². The van der Waals surface area contributed by atoms with Crippen LogP contribution in [0.15, 0.2) is 30.0 Å². The minimum atomic E-state index is -0.114. The van der Waals surface area contributed by atoms with E-state index in [9.17, 15) is 4.91 Å². The first-order valence-corrected chi connectivity index (χ1v) is 3.06. The van der Waals surface area contributed by atoms with Crippen LogP contribution in [0.25, 0.3) is 6.08 Å². The summed E-state index contributed by atoms with van der Waals surface area (Å²) in [5.41, 5.74) is 0.811. The van der Waals surface area contributed by atoms with Gasteiger partial charge in [0, 0.05) is 0 Å². The highest BCUT2D eigenvalue weighted by molar-refractivity contribution is 5.59. The van der Waals surface area contributed by atoms with Gasteiger partial charge in [0.15, 0.2) is 0 Å². The lowest BCUT2D eigenvalue weighted by Crippen LogP contribution is -1.71. The average Bonchev–Trinajstić information content (AvgIpc) is 2.04. The molecule has 3 nitrogen and oxygen atoms in total. The summed E-state index contributed by atoms with van der Waals surface area (Å²) in [6.07, 6.45) is 1.58. The van der Waals surface area contributed by atoms with Crippen LogP contribution in [0.3, 0.4) is 0 Å². The second-order valence-corrected chi connectivity index (χ2v) is 2.04. The standard InChI is InChI=1S/C8H7NO2/c1-2-6-3-4-7(9-11)8(10)5-6/h2-5,10H,1H2. The summed E-state index contributed by atoms with van der Waals surface area (Å²) in [6.45, 7) is 3.51. The smallest absolute Gasteiger partial charge is 0.149 e. The van der Waals surface area contributed by atoms with E-state index in [1.807, 2.05) is 0 Å². The van der Waals surface area contributed by atoms with Crippen LogP contribution in [-0.2, 0) is 0 Å². The predicted molar refractivity (Wildman–Crippen MR) is 43.7 cm³/mol. The highest BCUT2D eigenvalue weighted by Crippen LogP contribution is 2.26. The van der Waals surface area contributed by atoms with Gasteiger partial charge in [-0.15, -0.1) is 4.91 Å². The van der Waals surface area contributed by atoms with Gasteiger partial charge in [0.25, 0.3) is 0 Å². The molecule has 0 fully saturated rings. The van der Waals surface area contributed by atoms with Gasteiger partial charge >= 0.3 is 0 Å². The molecule has 1 aromatic rings. The lowest BCUT2D eigenvalue weighted by molar-refractivity contribution is 0.476. The second-order valence-electron chi connectivity index (χ2n) is 2.04. The highest BCUT2D eigenvalue weighted by atomic mass is 16.3. The lowest BCUT2D eigenvalue weighted by Gasteiger charge is -1.95. The third-order valence-electron chi connectivity index (χ3n) is 1.33. The van der Waals surface area contributed by atoms with Crippen LogP contribution in [0.5, 0.6) is 5.75 Å². The van der Waals surface area contributed by atoms with E-state index in [2.05, 4.69) is 11.8 Å². The Labute approximate surface area is 64.0 Å². The Hall–Kier alpha value is -1.64. The van der Waals surface area contributed by atoms with Gasteiger partial charge in [0.05, 0.1) is 0 Å². The van der Waals surface area contributed by atoms with E-state index in [4.69, 9.17) is 5.11 Å². The predicted octanol–water partition coefficient (Wildman–Crippen LogP) is 2.43. The number of nitrogens with zero attached hydrogens (tertiary/aromatic N) is 1. The molecule has 0 saturated carbocycles. The molecule has 11 heavy (non-hydrogen) atoms. The molecule has 1 rings (SSSR count). The largest absolute Gasteiger partial charge is 0.506 e. The van der Waals surface area contributed by atoms with Crippen molar-refractivity contribution in [3.8, 4) is 5.75 Å². The molecular weight excluding hydrogens is 142 g/mol. The van der Waals surface area contributed by atoms with Crippen LogP contribution in [-0.4, -0.2) is 5.11 Å². The Balaban J connectivity index is 3.18. The van der Waals surface area contributed by atoms with Gasteiger partial charge in [-0.25, -0.2) is 0 Å². The molecule has 0 aliphatic heterocycles. The molecule has 0 radical (unpaired) electrons. The summed E-state index contributed by atoms with van der Waals surface area (Å²) in [7, 11) is 0. The molecule has 1 aromatic carbocycles. The van der Waals surface area contributed by atoms with Crippen molar-refractivity contribution in [1.82, 2.24) is 0 Å². The molecule has 0 bridgehead atoms. The van der Waals surface area contributed by atoms with Crippen LogP contribution in [0.4, 0.5) is 5.69 Å². The van der Waals surface area contributed by atoms with Gasteiger partial charge in [0.2, 0.25) is 0 Å². The average molecular weight is 149 g/mol. The van der Waals surface area contributed by atoms with E-state index in [0.717, 1.165) is 5.56 Å². The summed E-state index contributed by atoms with van der Waals surface area (Å²) in [6, 6.07) is 4.53. The molecule has 56 valence electrons. The quantitative estimate of drug-likeness (QED) is 0.656. The lowest BCUT2D eigenvalue weighted by atomic mass is 10.2. The van der Waals surface area contributed by atoms with E-state index in [1.54, 1.807) is 12.1 Å². The summed E-state index contributed by atoms with van der Waals surface area (Å²) >= 11 is 0. The van der Waals surface area contributed by atoms with Crippen LogP contribution in [0.2, 0.25) is 0 Å². The first-order valence-electron chi connectivity index (χ1n) is 3.06. The molecule has 0 unspecified atom stereocenters. The maximum Gasteiger partial charge on any atom is 0.149 e. The molecule has 0 atom stereocenters. The van der Waals surface area contributed by atoms with E-state index in [0.29, 0.717) is 0 Å². The van der Waals surface area contributed by atoms with Crippen molar-refractivity contribution in [3.63, 3.8) is 0 Å². The van der Waals surface area contributed by atoms with E-state index in [-0.39, 0.29) is 11.4 Å². The van der Waals surface area contributed by atoms with Crippen LogP contribution < -0.4 is 0 Å². The van der Waals surface area contributed by atoms with Crippen molar-refractivity contribution in [2.75, 3.05) is 0 Å². The molecule has 0 aliphatic carbocycles. The van der Waals surface area contributed by atoms with Crippen molar-refractivity contribution in [1.29, 1.82) is 0 Å². The maximum absolute atomic E-state index is 9.99. The fraction of sp³-hybridized carbons (Fsp3) is 0. The number of nitroso groups, excluding NO2 is 1. The highest BCUT2D eigenvalue weighted by Gasteiger charge is 1.99. The zero-order valence-corrected chi connectivity index (χ0v) is 5.82. The van der Waals surface area contributed by atoms with Crippen LogP contribution in [0.1, 0.15) is 5.56 Å². The molecule has 0 aliphatic rings. The Kier molecular flexibility index (Phi) is 2.01. The third kappa shape index (κ3) is 1.43. The number of aromatic hydroxyl groups is 1. The van der Waals surface area contributed by atoms with Crippen LogP contribution in [0, 0.1) is 4.91 Å². The number of phenols is 1. The fourth-order valence-electron chi connectivity index (χ4n) is 0.745.